The monoisotopic (exact) mass is 484 g/mol. The summed E-state index contributed by atoms with van der Waals surface area (Å²) >= 11 is 0. The second-order valence-corrected chi connectivity index (χ2v) is 11.0. The van der Waals surface area contributed by atoms with Gasteiger partial charge in [-0.15, -0.1) is 0 Å². The maximum absolute atomic E-state index is 12.6. The Morgan fingerprint density at radius 3 is 1.54 bits per heavy atom. The molecular weight excluding hydrogens is 428 g/mol. The van der Waals surface area contributed by atoms with E-state index in [9.17, 15) is 4.79 Å². The van der Waals surface area contributed by atoms with E-state index in [-0.39, 0.29) is 0 Å². The summed E-state index contributed by atoms with van der Waals surface area (Å²) in [7, 11) is 2.14. The minimum Gasteiger partial charge on any atom is -0.340 e. The normalized spacial score (nSPS) is 14.5. The number of rotatable bonds is 20. The predicted molar refractivity (Wildman–Crippen MR) is 152 cm³/mol. The molecule has 0 saturated carbocycles. The number of amides is 1. The van der Waals surface area contributed by atoms with E-state index in [0.717, 1.165) is 39.0 Å². The minimum atomic E-state index is 0.329. The maximum Gasteiger partial charge on any atom is 0.222 e. The van der Waals surface area contributed by atoms with Gasteiger partial charge in [0.1, 0.15) is 0 Å². The number of piperazine rings is 1. The molecule has 1 aromatic rings. The van der Waals surface area contributed by atoms with Gasteiger partial charge in [-0.3, -0.25) is 4.79 Å². The Hall–Kier alpha value is -1.35. The highest BCUT2D eigenvalue weighted by atomic mass is 16.2. The van der Waals surface area contributed by atoms with Crippen LogP contribution in [0.4, 0.5) is 0 Å². The average molecular weight is 485 g/mol. The van der Waals surface area contributed by atoms with Gasteiger partial charge in [0.05, 0.1) is 0 Å². The molecule has 3 nitrogen and oxygen atoms in total. The first-order valence-corrected chi connectivity index (χ1v) is 15.2. The van der Waals surface area contributed by atoms with Crippen molar-refractivity contribution in [3.63, 3.8) is 0 Å². The molecule has 1 amide bonds. The third-order valence-corrected chi connectivity index (χ3v) is 7.88. The lowest BCUT2D eigenvalue weighted by Gasteiger charge is -2.32. The first kappa shape index (κ1) is 29.9. The Bertz CT molecular complexity index is 651. The predicted octanol–water partition coefficient (Wildman–Crippen LogP) is 8.20. The number of nitrogens with zero attached hydrogens (tertiary/aromatic N) is 2. The van der Waals surface area contributed by atoms with Crippen LogP contribution in [0.15, 0.2) is 24.3 Å². The molecule has 1 saturated heterocycles. The summed E-state index contributed by atoms with van der Waals surface area (Å²) < 4.78 is 0. The summed E-state index contributed by atoms with van der Waals surface area (Å²) in [5, 5.41) is 0. The molecule has 1 fully saturated rings. The molecule has 0 atom stereocenters. The fourth-order valence-electron chi connectivity index (χ4n) is 5.36. The number of carbonyl (C=O) groups is 1. The van der Waals surface area contributed by atoms with Crippen molar-refractivity contribution in [2.45, 2.75) is 129 Å². The molecule has 3 heteroatoms. The number of carbonyl (C=O) groups excluding carboxylic acids is 1. The fourth-order valence-corrected chi connectivity index (χ4v) is 5.36. The van der Waals surface area contributed by atoms with E-state index < -0.39 is 0 Å². The molecule has 35 heavy (non-hydrogen) atoms. The van der Waals surface area contributed by atoms with Crippen LogP contribution >= 0.6 is 0 Å². The highest BCUT2D eigenvalue weighted by Gasteiger charge is 2.18. The van der Waals surface area contributed by atoms with Gasteiger partial charge in [-0.1, -0.05) is 128 Å². The van der Waals surface area contributed by atoms with Gasteiger partial charge in [-0.2, -0.15) is 0 Å². The Balaban J connectivity index is 1.45. The van der Waals surface area contributed by atoms with Gasteiger partial charge < -0.3 is 9.80 Å². The molecule has 1 aliphatic rings. The van der Waals surface area contributed by atoms with Crippen molar-refractivity contribution < 1.29 is 4.79 Å². The van der Waals surface area contributed by atoms with Gasteiger partial charge in [0, 0.05) is 32.6 Å². The van der Waals surface area contributed by atoms with E-state index in [2.05, 4.69) is 48.0 Å². The number of benzene rings is 1. The molecule has 0 aromatic heterocycles. The van der Waals surface area contributed by atoms with Crippen molar-refractivity contribution >= 4 is 5.91 Å². The second-order valence-electron chi connectivity index (χ2n) is 11.0. The van der Waals surface area contributed by atoms with E-state index in [1.165, 1.54) is 114 Å². The van der Waals surface area contributed by atoms with Gasteiger partial charge in [0.2, 0.25) is 5.91 Å². The fraction of sp³-hybridized carbons (Fsp3) is 0.781. The molecular formula is C32H56N2O. The van der Waals surface area contributed by atoms with Crippen LogP contribution in [0.1, 0.15) is 127 Å². The highest BCUT2D eigenvalue weighted by molar-refractivity contribution is 5.76. The zero-order chi connectivity index (χ0) is 25.0. The first-order chi connectivity index (χ1) is 17.2. The molecule has 200 valence electrons. The van der Waals surface area contributed by atoms with Crippen LogP contribution in [0.5, 0.6) is 0 Å². The molecule has 2 rings (SSSR count). The summed E-state index contributed by atoms with van der Waals surface area (Å²) in [6.45, 7) is 6.07. The molecule has 0 radical (unpaired) electrons. The van der Waals surface area contributed by atoms with E-state index >= 15 is 0 Å². The largest absolute Gasteiger partial charge is 0.340 e. The van der Waals surface area contributed by atoms with Crippen molar-refractivity contribution in [1.82, 2.24) is 9.80 Å². The lowest BCUT2D eigenvalue weighted by atomic mass is 9.97. The summed E-state index contributed by atoms with van der Waals surface area (Å²) in [6, 6.07) is 8.81. The van der Waals surface area contributed by atoms with Crippen LogP contribution in [0, 0.1) is 0 Å². The molecule has 0 spiro atoms. The zero-order valence-electron chi connectivity index (χ0n) is 23.4. The molecule has 1 aromatic carbocycles. The van der Waals surface area contributed by atoms with E-state index in [0.29, 0.717) is 12.3 Å². The third kappa shape index (κ3) is 14.1. The van der Waals surface area contributed by atoms with Crippen LogP contribution in [0.2, 0.25) is 0 Å². The Kier molecular flexibility index (Phi) is 16.9. The molecule has 0 aliphatic carbocycles. The smallest absolute Gasteiger partial charge is 0.222 e. The molecule has 0 bridgehead atoms. The summed E-state index contributed by atoms with van der Waals surface area (Å²) in [4.78, 5) is 17.0. The molecule has 0 unspecified atom stereocenters. The quantitative estimate of drug-likeness (QED) is 0.174. The van der Waals surface area contributed by atoms with Gasteiger partial charge >= 0.3 is 0 Å². The topological polar surface area (TPSA) is 23.6 Å². The van der Waals surface area contributed by atoms with Crippen molar-refractivity contribution in [2.75, 3.05) is 33.2 Å². The van der Waals surface area contributed by atoms with Crippen molar-refractivity contribution in [3.05, 3.63) is 35.4 Å². The minimum absolute atomic E-state index is 0.329. The highest BCUT2D eigenvalue weighted by Crippen LogP contribution is 2.18. The Morgan fingerprint density at radius 2 is 1.06 bits per heavy atom. The summed E-state index contributed by atoms with van der Waals surface area (Å²) in [5.41, 5.74) is 2.85. The number of hydrogen-bond donors (Lipinski definition) is 0. The van der Waals surface area contributed by atoms with E-state index in [1.54, 1.807) is 0 Å². The number of hydrogen-bond acceptors (Lipinski definition) is 2. The van der Waals surface area contributed by atoms with E-state index in [4.69, 9.17) is 0 Å². The Labute approximate surface area is 218 Å². The van der Waals surface area contributed by atoms with Gasteiger partial charge in [-0.05, 0) is 37.4 Å². The summed E-state index contributed by atoms with van der Waals surface area (Å²) in [5.74, 6) is 0.329. The van der Waals surface area contributed by atoms with Crippen molar-refractivity contribution in [3.8, 4) is 0 Å². The number of aryl methyl sites for hydroxylation is 2. The average Bonchev–Trinajstić information content (AvgIpc) is 2.88. The van der Waals surface area contributed by atoms with Crippen molar-refractivity contribution in [1.29, 1.82) is 0 Å². The standard InChI is InChI=1S/C32H56N2O/c1-3-4-5-6-7-8-9-10-11-12-13-14-15-16-17-18-21-30-22-19-20-23-31(30)24-25-32(35)34-28-26-33(2)27-29-34/h19-20,22-23H,3-18,21,24-29H2,1-2H3. The van der Waals surface area contributed by atoms with Gasteiger partial charge in [-0.25, -0.2) is 0 Å². The van der Waals surface area contributed by atoms with E-state index in [1.807, 2.05) is 0 Å². The maximum atomic E-state index is 12.6. The lowest BCUT2D eigenvalue weighted by molar-refractivity contribution is -0.132. The van der Waals surface area contributed by atoms with Crippen molar-refractivity contribution in [2.24, 2.45) is 0 Å². The van der Waals surface area contributed by atoms with Crippen LogP contribution < -0.4 is 0 Å². The molecule has 0 N–H and O–H groups in total. The molecule has 1 aliphatic heterocycles. The summed E-state index contributed by atoms with van der Waals surface area (Å²) in [6.07, 6.45) is 25.3. The van der Waals surface area contributed by atoms with Crippen LogP contribution in [-0.2, 0) is 17.6 Å². The van der Waals surface area contributed by atoms with Crippen LogP contribution in [-0.4, -0.2) is 48.9 Å². The second kappa shape index (κ2) is 19.8. The lowest BCUT2D eigenvalue weighted by Crippen LogP contribution is -2.47. The number of likely N-dealkylation sites (N-methyl/N-ethyl adjacent to an activating group) is 1. The third-order valence-electron chi connectivity index (χ3n) is 7.88. The SMILES string of the molecule is CCCCCCCCCCCCCCCCCCc1ccccc1CCC(=O)N1CCN(C)CC1. The number of unbranched alkanes of at least 4 members (excludes halogenated alkanes) is 15. The van der Waals surface area contributed by atoms with Gasteiger partial charge in [0.15, 0.2) is 0 Å². The first-order valence-electron chi connectivity index (χ1n) is 15.2. The van der Waals surface area contributed by atoms with Gasteiger partial charge in [0.25, 0.3) is 0 Å². The van der Waals surface area contributed by atoms with Crippen LogP contribution in [0.3, 0.4) is 0 Å². The van der Waals surface area contributed by atoms with Crippen LogP contribution in [0.25, 0.3) is 0 Å². The molecule has 1 heterocycles. The Morgan fingerprint density at radius 1 is 0.629 bits per heavy atom. The zero-order valence-corrected chi connectivity index (χ0v) is 23.4.